The lowest BCUT2D eigenvalue weighted by Gasteiger charge is -2.26. The van der Waals surface area contributed by atoms with Crippen molar-refractivity contribution in [1.82, 2.24) is 15.5 Å². The van der Waals surface area contributed by atoms with E-state index < -0.39 is 0 Å². The Hall–Kier alpha value is -0.820. The summed E-state index contributed by atoms with van der Waals surface area (Å²) in [7, 11) is 6.15. The van der Waals surface area contributed by atoms with Crippen LogP contribution in [-0.4, -0.2) is 44.6 Å². The fraction of sp³-hybridized carbons (Fsp3) is 0.588. The van der Waals surface area contributed by atoms with Crippen LogP contribution in [0.4, 0.5) is 0 Å². The SMILES string of the molecule is CN=C(NCC(C1CC1)N(C)C)NC(C)c1ccccc1.I. The summed E-state index contributed by atoms with van der Waals surface area (Å²) in [5, 5.41) is 6.93. The topological polar surface area (TPSA) is 39.7 Å². The molecule has 0 bridgehead atoms. The van der Waals surface area contributed by atoms with Gasteiger partial charge in [-0.05, 0) is 45.3 Å². The summed E-state index contributed by atoms with van der Waals surface area (Å²) >= 11 is 0. The Morgan fingerprint density at radius 2 is 1.91 bits per heavy atom. The lowest BCUT2D eigenvalue weighted by atomic mass is 10.1. The van der Waals surface area contributed by atoms with Crippen LogP contribution in [-0.2, 0) is 0 Å². The fourth-order valence-corrected chi connectivity index (χ4v) is 2.68. The molecule has 2 N–H and O–H groups in total. The number of aliphatic imine (C=N–C) groups is 1. The second-order valence-corrected chi connectivity index (χ2v) is 6.10. The van der Waals surface area contributed by atoms with Gasteiger partial charge in [0.1, 0.15) is 0 Å². The van der Waals surface area contributed by atoms with Gasteiger partial charge in [-0.1, -0.05) is 30.3 Å². The zero-order valence-corrected chi connectivity index (χ0v) is 16.4. The summed E-state index contributed by atoms with van der Waals surface area (Å²) < 4.78 is 0. The zero-order chi connectivity index (χ0) is 15.2. The van der Waals surface area contributed by atoms with Crippen molar-refractivity contribution in [2.75, 3.05) is 27.7 Å². The summed E-state index contributed by atoms with van der Waals surface area (Å²) in [4.78, 5) is 6.66. The minimum absolute atomic E-state index is 0. The van der Waals surface area contributed by atoms with E-state index in [4.69, 9.17) is 0 Å². The highest BCUT2D eigenvalue weighted by molar-refractivity contribution is 14.0. The maximum atomic E-state index is 4.34. The van der Waals surface area contributed by atoms with Crippen LogP contribution in [0.25, 0.3) is 0 Å². The number of rotatable bonds is 6. The van der Waals surface area contributed by atoms with Gasteiger partial charge >= 0.3 is 0 Å². The molecule has 0 radical (unpaired) electrons. The van der Waals surface area contributed by atoms with Crippen LogP contribution in [0.5, 0.6) is 0 Å². The number of benzene rings is 1. The van der Waals surface area contributed by atoms with Crippen molar-refractivity contribution < 1.29 is 0 Å². The number of hydrogen-bond donors (Lipinski definition) is 2. The molecule has 0 aliphatic heterocycles. The predicted molar refractivity (Wildman–Crippen MR) is 105 cm³/mol. The van der Waals surface area contributed by atoms with Crippen LogP contribution >= 0.6 is 24.0 Å². The first kappa shape index (κ1) is 19.2. The van der Waals surface area contributed by atoms with Gasteiger partial charge in [0.15, 0.2) is 5.96 Å². The molecule has 0 amide bonds. The number of likely N-dealkylation sites (N-methyl/N-ethyl adjacent to an activating group) is 1. The Morgan fingerprint density at radius 1 is 1.27 bits per heavy atom. The van der Waals surface area contributed by atoms with Gasteiger partial charge in [-0.25, -0.2) is 0 Å². The van der Waals surface area contributed by atoms with E-state index in [0.717, 1.165) is 18.4 Å². The van der Waals surface area contributed by atoms with Crippen LogP contribution in [0.1, 0.15) is 31.4 Å². The number of hydrogen-bond acceptors (Lipinski definition) is 2. The molecule has 5 heteroatoms. The molecule has 1 fully saturated rings. The van der Waals surface area contributed by atoms with Gasteiger partial charge in [0.2, 0.25) is 0 Å². The first-order valence-corrected chi connectivity index (χ1v) is 7.80. The summed E-state index contributed by atoms with van der Waals surface area (Å²) in [5.41, 5.74) is 1.27. The molecular formula is C17H29IN4. The van der Waals surface area contributed by atoms with E-state index in [1.165, 1.54) is 18.4 Å². The van der Waals surface area contributed by atoms with E-state index in [-0.39, 0.29) is 30.0 Å². The normalized spacial score (nSPS) is 17.6. The van der Waals surface area contributed by atoms with Crippen LogP contribution in [0.2, 0.25) is 0 Å². The molecule has 1 saturated carbocycles. The van der Waals surface area contributed by atoms with Gasteiger partial charge in [0.25, 0.3) is 0 Å². The second-order valence-electron chi connectivity index (χ2n) is 6.10. The minimum atomic E-state index is 0. The first-order valence-electron chi connectivity index (χ1n) is 7.80. The fourth-order valence-electron chi connectivity index (χ4n) is 2.68. The molecule has 0 saturated heterocycles. The quantitative estimate of drug-likeness (QED) is 0.426. The molecule has 2 rings (SSSR count). The highest BCUT2D eigenvalue weighted by atomic mass is 127. The predicted octanol–water partition coefficient (Wildman–Crippen LogP) is 2.87. The average Bonchev–Trinajstić information content (AvgIpc) is 3.31. The summed E-state index contributed by atoms with van der Waals surface area (Å²) in [6.07, 6.45) is 2.72. The highest BCUT2D eigenvalue weighted by Crippen LogP contribution is 2.34. The van der Waals surface area contributed by atoms with E-state index in [2.05, 4.69) is 65.8 Å². The Balaban J connectivity index is 0.00000242. The van der Waals surface area contributed by atoms with Gasteiger partial charge in [0.05, 0.1) is 6.04 Å². The highest BCUT2D eigenvalue weighted by Gasteiger charge is 2.32. The summed E-state index contributed by atoms with van der Waals surface area (Å²) in [6, 6.07) is 11.3. The monoisotopic (exact) mass is 416 g/mol. The van der Waals surface area contributed by atoms with Crippen molar-refractivity contribution >= 4 is 29.9 Å². The molecule has 1 aliphatic carbocycles. The number of guanidine groups is 1. The van der Waals surface area contributed by atoms with E-state index in [0.29, 0.717) is 6.04 Å². The molecule has 4 nitrogen and oxygen atoms in total. The van der Waals surface area contributed by atoms with Crippen molar-refractivity contribution in [1.29, 1.82) is 0 Å². The molecular weight excluding hydrogens is 387 g/mol. The lowest BCUT2D eigenvalue weighted by Crippen LogP contribution is -2.46. The van der Waals surface area contributed by atoms with Crippen LogP contribution in [0.15, 0.2) is 35.3 Å². The molecule has 22 heavy (non-hydrogen) atoms. The molecule has 0 aromatic heterocycles. The van der Waals surface area contributed by atoms with Crippen LogP contribution in [0, 0.1) is 5.92 Å². The largest absolute Gasteiger partial charge is 0.355 e. The Bertz CT molecular complexity index is 455. The van der Waals surface area contributed by atoms with Crippen LogP contribution in [0.3, 0.4) is 0 Å². The molecule has 2 unspecified atom stereocenters. The average molecular weight is 416 g/mol. The van der Waals surface area contributed by atoms with E-state index in [1.807, 2.05) is 13.1 Å². The lowest BCUT2D eigenvalue weighted by molar-refractivity contribution is 0.264. The third-order valence-corrected chi connectivity index (χ3v) is 4.18. The molecule has 2 atom stereocenters. The van der Waals surface area contributed by atoms with Gasteiger partial charge in [-0.2, -0.15) is 0 Å². The van der Waals surface area contributed by atoms with E-state index in [9.17, 15) is 0 Å². The molecule has 1 aromatic carbocycles. The summed E-state index contributed by atoms with van der Waals surface area (Å²) in [5.74, 6) is 1.72. The standard InChI is InChI=1S/C17H28N4.HI/c1-13(14-8-6-5-7-9-14)20-17(18-2)19-12-16(21(3)4)15-10-11-15;/h5-9,13,15-16H,10-12H2,1-4H3,(H2,18,19,20);1H. The number of nitrogens with one attached hydrogen (secondary N) is 2. The van der Waals surface area contributed by atoms with Gasteiger partial charge < -0.3 is 15.5 Å². The Morgan fingerprint density at radius 3 is 2.41 bits per heavy atom. The van der Waals surface area contributed by atoms with E-state index >= 15 is 0 Å². The van der Waals surface area contributed by atoms with Crippen molar-refractivity contribution in [3.8, 4) is 0 Å². The number of nitrogens with zero attached hydrogens (tertiary/aromatic N) is 2. The maximum absolute atomic E-state index is 4.34. The smallest absolute Gasteiger partial charge is 0.191 e. The summed E-state index contributed by atoms with van der Waals surface area (Å²) in [6.45, 7) is 3.10. The van der Waals surface area contributed by atoms with Gasteiger partial charge in [0, 0.05) is 19.6 Å². The Kier molecular flexibility index (Phi) is 8.17. The maximum Gasteiger partial charge on any atom is 0.191 e. The molecule has 0 heterocycles. The van der Waals surface area contributed by atoms with Gasteiger partial charge in [-0.3, -0.25) is 4.99 Å². The number of halogens is 1. The van der Waals surface area contributed by atoms with Crippen LogP contribution < -0.4 is 10.6 Å². The van der Waals surface area contributed by atoms with E-state index in [1.54, 1.807) is 0 Å². The minimum Gasteiger partial charge on any atom is -0.355 e. The Labute approximate surface area is 151 Å². The second kappa shape index (κ2) is 9.35. The molecule has 1 aromatic rings. The third-order valence-electron chi connectivity index (χ3n) is 4.18. The zero-order valence-electron chi connectivity index (χ0n) is 14.0. The van der Waals surface area contributed by atoms with Crippen molar-refractivity contribution in [2.24, 2.45) is 10.9 Å². The first-order chi connectivity index (χ1) is 10.1. The van der Waals surface area contributed by atoms with Gasteiger partial charge in [-0.15, -0.1) is 24.0 Å². The van der Waals surface area contributed by atoms with Crippen molar-refractivity contribution in [3.05, 3.63) is 35.9 Å². The third kappa shape index (κ3) is 5.76. The molecule has 1 aliphatic rings. The van der Waals surface area contributed by atoms with Crippen molar-refractivity contribution in [2.45, 2.75) is 31.8 Å². The molecule has 0 spiro atoms. The van der Waals surface area contributed by atoms with Crippen molar-refractivity contribution in [3.63, 3.8) is 0 Å². The molecule has 124 valence electrons.